The van der Waals surface area contributed by atoms with Crippen molar-refractivity contribution in [1.29, 1.82) is 0 Å². The summed E-state index contributed by atoms with van der Waals surface area (Å²) < 4.78 is 5.31. The first-order valence-electron chi connectivity index (χ1n) is 7.57. The second kappa shape index (κ2) is 6.92. The van der Waals surface area contributed by atoms with Crippen LogP contribution < -0.4 is 20.7 Å². The molecular weight excluding hydrogens is 330 g/mol. The summed E-state index contributed by atoms with van der Waals surface area (Å²) in [7, 11) is 1.57. The Labute approximate surface area is 144 Å². The predicted molar refractivity (Wildman–Crippen MR) is 93.2 cm³/mol. The van der Waals surface area contributed by atoms with Crippen LogP contribution in [0.15, 0.2) is 24.3 Å². The first-order chi connectivity index (χ1) is 11.5. The molecule has 1 aromatic heterocycles. The average Bonchev–Trinajstić information content (AvgIpc) is 3.36. The molecule has 1 aliphatic carbocycles. The maximum absolute atomic E-state index is 11.7. The van der Waals surface area contributed by atoms with Gasteiger partial charge < -0.3 is 15.4 Å². The number of rotatable bonds is 5. The largest absolute Gasteiger partial charge is 0.495 e. The zero-order chi connectivity index (χ0) is 17.1. The van der Waals surface area contributed by atoms with E-state index < -0.39 is 0 Å². The van der Waals surface area contributed by atoms with E-state index in [1.807, 2.05) is 13.0 Å². The highest BCUT2D eigenvalue weighted by Crippen LogP contribution is 2.32. The van der Waals surface area contributed by atoms with E-state index in [2.05, 4.69) is 26.1 Å². The maximum atomic E-state index is 11.7. The van der Waals surface area contributed by atoms with Gasteiger partial charge in [-0.3, -0.25) is 5.32 Å². The number of benzene rings is 1. The Bertz CT molecular complexity index is 747. The highest BCUT2D eigenvalue weighted by Gasteiger charge is 2.23. The summed E-state index contributed by atoms with van der Waals surface area (Å²) in [4.78, 5) is 11.7. The smallest absolute Gasteiger partial charge is 0.320 e. The number of ether oxygens (including phenoxy) is 1. The van der Waals surface area contributed by atoms with E-state index in [1.54, 1.807) is 25.3 Å². The minimum Gasteiger partial charge on any atom is -0.495 e. The Balaban J connectivity index is 1.67. The van der Waals surface area contributed by atoms with Crippen molar-refractivity contribution in [1.82, 2.24) is 15.5 Å². The molecule has 1 aliphatic rings. The van der Waals surface area contributed by atoms with Crippen molar-refractivity contribution in [3.05, 3.63) is 34.9 Å². The monoisotopic (exact) mass is 347 g/mol. The number of nitrogens with one attached hydrogen (secondary N) is 3. The second-order valence-electron chi connectivity index (χ2n) is 5.60. The van der Waals surface area contributed by atoms with Crippen molar-refractivity contribution in [2.45, 2.75) is 25.8 Å². The van der Waals surface area contributed by atoms with Gasteiger partial charge in [0.05, 0.1) is 12.8 Å². The fraction of sp³-hybridized carbons (Fsp3) is 0.312. The van der Waals surface area contributed by atoms with Crippen LogP contribution >= 0.6 is 11.6 Å². The number of hydrogen-bond donors (Lipinski definition) is 3. The Hall–Kier alpha value is -2.54. The highest BCUT2D eigenvalue weighted by molar-refractivity contribution is 6.31. The molecule has 1 saturated carbocycles. The van der Waals surface area contributed by atoms with Crippen molar-refractivity contribution >= 4 is 35.0 Å². The van der Waals surface area contributed by atoms with Crippen molar-refractivity contribution in [3.8, 4) is 5.75 Å². The fourth-order valence-electron chi connectivity index (χ4n) is 2.10. The number of carbonyl (C=O) groups is 1. The van der Waals surface area contributed by atoms with E-state index >= 15 is 0 Å². The lowest BCUT2D eigenvalue weighted by molar-refractivity contribution is 0.251. The lowest BCUT2D eigenvalue weighted by Gasteiger charge is -2.12. The van der Waals surface area contributed by atoms with Gasteiger partial charge in [0, 0.05) is 17.1 Å². The average molecular weight is 348 g/mol. The molecule has 0 unspecified atom stereocenters. The Kier molecular flexibility index (Phi) is 4.71. The molecule has 0 bridgehead atoms. The summed E-state index contributed by atoms with van der Waals surface area (Å²) in [6, 6.07) is 7.05. The minimum atomic E-state index is -0.262. The molecule has 2 aromatic rings. The van der Waals surface area contributed by atoms with Crippen LogP contribution in [0, 0.1) is 6.92 Å². The topological polar surface area (TPSA) is 88.2 Å². The zero-order valence-electron chi connectivity index (χ0n) is 13.4. The molecule has 8 heteroatoms. The van der Waals surface area contributed by atoms with Crippen LogP contribution in [0.2, 0.25) is 5.02 Å². The summed E-state index contributed by atoms with van der Waals surface area (Å²) in [6.45, 7) is 1.91. The minimum absolute atomic E-state index is 0.262. The Morgan fingerprint density at radius 2 is 1.96 bits per heavy atom. The van der Waals surface area contributed by atoms with Crippen LogP contribution in [0.4, 0.5) is 22.1 Å². The van der Waals surface area contributed by atoms with E-state index in [0.29, 0.717) is 28.4 Å². The second-order valence-corrected chi connectivity index (χ2v) is 6.01. The Morgan fingerprint density at radius 1 is 1.25 bits per heavy atom. The van der Waals surface area contributed by atoms with E-state index in [4.69, 9.17) is 16.3 Å². The van der Waals surface area contributed by atoms with Gasteiger partial charge in [-0.15, -0.1) is 10.2 Å². The molecule has 24 heavy (non-hydrogen) atoms. The van der Waals surface area contributed by atoms with E-state index in [0.717, 1.165) is 24.1 Å². The number of halogens is 1. The number of hydrogen-bond acceptors (Lipinski definition) is 5. The SMILES string of the molecule is COc1cc(Cl)c(C)cc1Nc1ccc(NC(=O)NC2CC2)nn1. The summed E-state index contributed by atoms with van der Waals surface area (Å²) in [5, 5.41) is 17.3. The van der Waals surface area contributed by atoms with Crippen LogP contribution in [0.5, 0.6) is 5.75 Å². The number of urea groups is 1. The highest BCUT2D eigenvalue weighted by atomic mass is 35.5. The molecule has 2 amide bonds. The number of aryl methyl sites for hydroxylation is 1. The van der Waals surface area contributed by atoms with Gasteiger partial charge in [-0.05, 0) is 43.5 Å². The van der Waals surface area contributed by atoms with Gasteiger partial charge in [-0.1, -0.05) is 11.6 Å². The molecule has 7 nitrogen and oxygen atoms in total. The summed E-state index contributed by atoms with van der Waals surface area (Å²) in [5.41, 5.74) is 1.66. The fourth-order valence-corrected chi connectivity index (χ4v) is 2.25. The van der Waals surface area contributed by atoms with E-state index in [-0.39, 0.29) is 6.03 Å². The van der Waals surface area contributed by atoms with E-state index in [9.17, 15) is 4.79 Å². The zero-order valence-corrected chi connectivity index (χ0v) is 14.1. The van der Waals surface area contributed by atoms with Gasteiger partial charge >= 0.3 is 6.03 Å². The molecule has 0 saturated heterocycles. The summed E-state index contributed by atoms with van der Waals surface area (Å²) in [6.07, 6.45) is 2.06. The van der Waals surface area contributed by atoms with Gasteiger partial charge in [-0.2, -0.15) is 0 Å². The molecule has 3 rings (SSSR count). The normalized spacial score (nSPS) is 13.3. The van der Waals surface area contributed by atoms with Crippen LogP contribution in [0.3, 0.4) is 0 Å². The number of aromatic nitrogens is 2. The third-order valence-corrected chi connectivity index (χ3v) is 3.97. The van der Waals surface area contributed by atoms with E-state index in [1.165, 1.54) is 0 Å². The van der Waals surface area contributed by atoms with Gasteiger partial charge in [0.2, 0.25) is 0 Å². The first-order valence-corrected chi connectivity index (χ1v) is 7.95. The number of amides is 2. The number of anilines is 3. The van der Waals surface area contributed by atoms with Crippen molar-refractivity contribution in [2.75, 3.05) is 17.7 Å². The van der Waals surface area contributed by atoms with Crippen molar-refractivity contribution < 1.29 is 9.53 Å². The molecule has 0 radical (unpaired) electrons. The van der Waals surface area contributed by atoms with Crippen LogP contribution in [-0.2, 0) is 0 Å². The van der Waals surface area contributed by atoms with Crippen molar-refractivity contribution in [3.63, 3.8) is 0 Å². The predicted octanol–water partition coefficient (Wildman–Crippen LogP) is 3.47. The van der Waals surface area contributed by atoms with Crippen LogP contribution in [0.25, 0.3) is 0 Å². The lowest BCUT2D eigenvalue weighted by Crippen LogP contribution is -2.30. The third-order valence-electron chi connectivity index (χ3n) is 3.56. The van der Waals surface area contributed by atoms with Crippen LogP contribution in [-0.4, -0.2) is 29.4 Å². The molecule has 1 aromatic carbocycles. The van der Waals surface area contributed by atoms with Gasteiger partial charge in [0.25, 0.3) is 0 Å². The molecule has 3 N–H and O–H groups in total. The molecular formula is C16H18ClN5O2. The van der Waals surface area contributed by atoms with Gasteiger partial charge in [0.15, 0.2) is 11.6 Å². The molecule has 0 atom stereocenters. The molecule has 0 aliphatic heterocycles. The summed E-state index contributed by atoms with van der Waals surface area (Å²) >= 11 is 6.10. The third kappa shape index (κ3) is 4.05. The quantitative estimate of drug-likeness (QED) is 0.770. The summed E-state index contributed by atoms with van der Waals surface area (Å²) in [5.74, 6) is 1.53. The Morgan fingerprint density at radius 3 is 2.58 bits per heavy atom. The number of methoxy groups -OCH3 is 1. The molecule has 0 spiro atoms. The molecule has 1 fully saturated rings. The van der Waals surface area contributed by atoms with Crippen molar-refractivity contribution in [2.24, 2.45) is 0 Å². The van der Waals surface area contributed by atoms with Crippen LogP contribution in [0.1, 0.15) is 18.4 Å². The first kappa shape index (κ1) is 16.3. The van der Waals surface area contributed by atoms with Gasteiger partial charge in [-0.25, -0.2) is 4.79 Å². The number of nitrogens with zero attached hydrogens (tertiary/aromatic N) is 2. The van der Waals surface area contributed by atoms with Gasteiger partial charge in [0.1, 0.15) is 5.75 Å². The molecule has 126 valence electrons. The lowest BCUT2D eigenvalue weighted by atomic mass is 10.2. The standard InChI is InChI=1S/C16H18ClN5O2/c1-9-7-12(13(24-2)8-11(9)17)19-14-5-6-15(22-21-14)20-16(23)18-10-3-4-10/h5-8,10H,3-4H2,1-2H3,(H,19,21)(H2,18,20,22,23). The number of carbonyl (C=O) groups excluding carboxylic acids is 1. The molecule has 1 heterocycles. The maximum Gasteiger partial charge on any atom is 0.320 e.